The smallest absolute Gasteiger partial charge is 0.256 e. The average Bonchev–Trinajstić information content (AvgIpc) is 2.55. The van der Waals surface area contributed by atoms with E-state index in [0.29, 0.717) is 0 Å². The number of aryl methyl sites for hydroxylation is 1. The number of hydrogen-bond acceptors (Lipinski definition) is 3. The summed E-state index contributed by atoms with van der Waals surface area (Å²) in [5.74, 6) is 1.02. The summed E-state index contributed by atoms with van der Waals surface area (Å²) in [7, 11) is 0. The van der Waals surface area contributed by atoms with Crippen molar-refractivity contribution in [3.63, 3.8) is 0 Å². The van der Waals surface area contributed by atoms with E-state index in [1.807, 2.05) is 6.07 Å². The molecule has 0 aliphatic rings. The van der Waals surface area contributed by atoms with E-state index in [4.69, 9.17) is 0 Å². The summed E-state index contributed by atoms with van der Waals surface area (Å²) in [5, 5.41) is 9.32. The molecule has 3 nitrogen and oxygen atoms in total. The van der Waals surface area contributed by atoms with E-state index in [-0.39, 0.29) is 11.3 Å². The zero-order valence-electron chi connectivity index (χ0n) is 12.8. The molecule has 116 valence electrons. The molecule has 0 radical (unpaired) electrons. The molecule has 23 heavy (non-hydrogen) atoms. The quantitative estimate of drug-likeness (QED) is 0.734. The van der Waals surface area contributed by atoms with E-state index in [9.17, 15) is 9.90 Å². The Morgan fingerprint density at radius 3 is 2.35 bits per heavy atom. The lowest BCUT2D eigenvalue weighted by atomic mass is 10.2. The Morgan fingerprint density at radius 2 is 1.70 bits per heavy atom. The third-order valence-corrected chi connectivity index (χ3v) is 4.61. The largest absolute Gasteiger partial charge is 0.508 e. The molecule has 1 N–H and O–H groups in total. The van der Waals surface area contributed by atoms with Crippen molar-refractivity contribution < 1.29 is 5.11 Å². The number of hydrogen-bond donors (Lipinski definition) is 1. The van der Waals surface area contributed by atoms with Crippen molar-refractivity contribution in [1.82, 2.24) is 4.57 Å². The molecule has 0 bridgehead atoms. The first-order chi connectivity index (χ1) is 11.1. The Morgan fingerprint density at radius 1 is 1.00 bits per heavy atom. The number of phenolic OH excluding ortho intramolecular Hbond substituents is 1. The first kappa shape index (κ1) is 15.4. The number of nitrogens with zero attached hydrogens (tertiary/aromatic N) is 1. The standard InChI is InChI=1S/C19H17NO2S/c1-14-2-4-15(5-3-14)13-23-18-10-11-20(19(22)12-18)16-6-8-17(21)9-7-16/h2-12,21H,13H2,1H3. The van der Waals surface area contributed by atoms with Crippen LogP contribution >= 0.6 is 11.8 Å². The molecule has 0 fully saturated rings. The highest BCUT2D eigenvalue weighted by Gasteiger charge is 2.03. The van der Waals surface area contributed by atoms with Crippen LogP contribution in [0.4, 0.5) is 0 Å². The van der Waals surface area contributed by atoms with Crippen LogP contribution in [0, 0.1) is 6.92 Å². The van der Waals surface area contributed by atoms with Gasteiger partial charge in [0.25, 0.3) is 5.56 Å². The molecular weight excluding hydrogens is 306 g/mol. The number of pyridine rings is 1. The van der Waals surface area contributed by atoms with E-state index in [0.717, 1.165) is 16.3 Å². The van der Waals surface area contributed by atoms with Crippen LogP contribution in [0.5, 0.6) is 5.75 Å². The maximum atomic E-state index is 12.3. The van der Waals surface area contributed by atoms with Crippen molar-refractivity contribution in [3.8, 4) is 11.4 Å². The monoisotopic (exact) mass is 323 g/mol. The van der Waals surface area contributed by atoms with Gasteiger partial charge in [-0.25, -0.2) is 0 Å². The lowest BCUT2D eigenvalue weighted by Crippen LogP contribution is -2.16. The van der Waals surface area contributed by atoms with Crippen molar-refractivity contribution >= 4 is 11.8 Å². The van der Waals surface area contributed by atoms with Crippen LogP contribution in [0.2, 0.25) is 0 Å². The van der Waals surface area contributed by atoms with Crippen molar-refractivity contribution in [2.24, 2.45) is 0 Å². The molecule has 0 aliphatic carbocycles. The molecular formula is C19H17NO2S. The highest BCUT2D eigenvalue weighted by molar-refractivity contribution is 7.98. The highest BCUT2D eigenvalue weighted by Crippen LogP contribution is 2.22. The zero-order valence-corrected chi connectivity index (χ0v) is 13.6. The molecule has 3 aromatic rings. The van der Waals surface area contributed by atoms with E-state index >= 15 is 0 Å². The number of rotatable bonds is 4. The van der Waals surface area contributed by atoms with Gasteiger partial charge in [-0.2, -0.15) is 0 Å². The normalized spacial score (nSPS) is 10.7. The molecule has 4 heteroatoms. The average molecular weight is 323 g/mol. The lowest BCUT2D eigenvalue weighted by molar-refractivity contribution is 0.475. The summed E-state index contributed by atoms with van der Waals surface area (Å²) in [6.45, 7) is 2.07. The number of benzene rings is 2. The molecule has 0 unspecified atom stereocenters. The Balaban J connectivity index is 1.75. The predicted octanol–water partition coefficient (Wildman–Crippen LogP) is 4.14. The minimum absolute atomic E-state index is 0.0791. The first-order valence-electron chi connectivity index (χ1n) is 7.32. The lowest BCUT2D eigenvalue weighted by Gasteiger charge is -2.07. The van der Waals surface area contributed by atoms with Crippen LogP contribution < -0.4 is 5.56 Å². The zero-order chi connectivity index (χ0) is 16.2. The van der Waals surface area contributed by atoms with Crippen molar-refractivity contribution in [2.75, 3.05) is 0 Å². The molecule has 3 rings (SSSR count). The van der Waals surface area contributed by atoms with Crippen LogP contribution in [-0.2, 0) is 5.75 Å². The fourth-order valence-corrected chi connectivity index (χ4v) is 3.10. The molecule has 1 heterocycles. The summed E-state index contributed by atoms with van der Waals surface area (Å²) in [6.07, 6.45) is 1.77. The van der Waals surface area contributed by atoms with Crippen LogP contribution in [-0.4, -0.2) is 9.67 Å². The van der Waals surface area contributed by atoms with E-state index < -0.39 is 0 Å². The van der Waals surface area contributed by atoms with Gasteiger partial charge in [0, 0.05) is 28.6 Å². The molecule has 2 aromatic carbocycles. The van der Waals surface area contributed by atoms with E-state index in [2.05, 4.69) is 31.2 Å². The van der Waals surface area contributed by atoms with Crippen molar-refractivity contribution in [1.29, 1.82) is 0 Å². The SMILES string of the molecule is Cc1ccc(CSc2ccn(-c3ccc(O)cc3)c(=O)c2)cc1. The maximum Gasteiger partial charge on any atom is 0.256 e. The number of phenols is 1. The number of aromatic nitrogens is 1. The van der Waals surface area contributed by atoms with Crippen LogP contribution in [0.1, 0.15) is 11.1 Å². The second kappa shape index (κ2) is 6.75. The molecule has 1 aromatic heterocycles. The number of aromatic hydroxyl groups is 1. The van der Waals surface area contributed by atoms with Gasteiger partial charge in [0.1, 0.15) is 5.75 Å². The van der Waals surface area contributed by atoms with Gasteiger partial charge >= 0.3 is 0 Å². The summed E-state index contributed by atoms with van der Waals surface area (Å²) >= 11 is 1.65. The van der Waals surface area contributed by atoms with Crippen molar-refractivity contribution in [3.05, 3.63) is 88.3 Å². The van der Waals surface area contributed by atoms with Gasteiger partial charge < -0.3 is 5.11 Å². The van der Waals surface area contributed by atoms with Crippen LogP contribution in [0.25, 0.3) is 5.69 Å². The van der Waals surface area contributed by atoms with Gasteiger partial charge in [0.15, 0.2) is 0 Å². The number of thioether (sulfide) groups is 1. The summed E-state index contributed by atoms with van der Waals surface area (Å²) in [6, 6.07) is 18.6. The Kier molecular flexibility index (Phi) is 4.53. The topological polar surface area (TPSA) is 42.2 Å². The van der Waals surface area contributed by atoms with E-state index in [1.165, 1.54) is 11.1 Å². The molecule has 0 saturated carbocycles. The third kappa shape index (κ3) is 3.85. The fraction of sp³-hybridized carbons (Fsp3) is 0.105. The Bertz CT molecular complexity index is 852. The van der Waals surface area contributed by atoms with Crippen molar-refractivity contribution in [2.45, 2.75) is 17.6 Å². The summed E-state index contributed by atoms with van der Waals surface area (Å²) < 4.78 is 1.56. The molecule has 0 amide bonds. The Labute approximate surface area is 139 Å². The Hall–Kier alpha value is -2.46. The summed E-state index contributed by atoms with van der Waals surface area (Å²) in [4.78, 5) is 13.2. The predicted molar refractivity (Wildman–Crippen MR) is 94.4 cm³/mol. The maximum absolute atomic E-state index is 12.3. The van der Waals surface area contributed by atoms with Gasteiger partial charge in [-0.15, -0.1) is 11.8 Å². The molecule has 0 saturated heterocycles. The second-order valence-corrected chi connectivity index (χ2v) is 6.41. The van der Waals surface area contributed by atoms with E-state index in [1.54, 1.807) is 52.9 Å². The molecule has 0 spiro atoms. The molecule has 0 aliphatic heterocycles. The van der Waals surface area contributed by atoms with Gasteiger partial charge in [-0.3, -0.25) is 9.36 Å². The van der Waals surface area contributed by atoms with Crippen LogP contribution in [0.3, 0.4) is 0 Å². The second-order valence-electron chi connectivity index (χ2n) is 5.36. The fourth-order valence-electron chi connectivity index (χ4n) is 2.23. The minimum Gasteiger partial charge on any atom is -0.508 e. The highest BCUT2D eigenvalue weighted by atomic mass is 32.2. The van der Waals surface area contributed by atoms with Gasteiger partial charge in [-0.1, -0.05) is 29.8 Å². The first-order valence-corrected chi connectivity index (χ1v) is 8.31. The third-order valence-electron chi connectivity index (χ3n) is 3.55. The van der Waals surface area contributed by atoms with Gasteiger partial charge in [0.2, 0.25) is 0 Å². The molecule has 0 atom stereocenters. The van der Waals surface area contributed by atoms with Gasteiger partial charge in [-0.05, 0) is 42.8 Å². The minimum atomic E-state index is -0.0791. The van der Waals surface area contributed by atoms with Crippen LogP contribution in [0.15, 0.2) is 76.6 Å². The van der Waals surface area contributed by atoms with Gasteiger partial charge in [0.05, 0.1) is 0 Å². The summed E-state index contributed by atoms with van der Waals surface area (Å²) in [5.41, 5.74) is 3.14.